The molecule has 0 N–H and O–H groups in total. The molecule has 1 aliphatic heterocycles. The maximum Gasteiger partial charge on any atom is 0.416 e. The van der Waals surface area contributed by atoms with Gasteiger partial charge in [0, 0.05) is 12.1 Å². The summed E-state index contributed by atoms with van der Waals surface area (Å²) in [6.45, 7) is 0. The normalized spacial score (nSPS) is 15.6. The molecule has 1 aliphatic rings. The summed E-state index contributed by atoms with van der Waals surface area (Å²) < 4.78 is 42.7. The molecule has 0 spiro atoms. The second-order valence-corrected chi connectivity index (χ2v) is 5.78. The molecule has 0 radical (unpaired) electrons. The van der Waals surface area contributed by atoms with Crippen molar-refractivity contribution in [2.75, 3.05) is 0 Å². The standard InChI is InChI=1S/C17H8ClF3N2O4/c18-13-6-5-11(23(25)26)8-12(13)15-22-14(16(24)27-15)7-9-1-3-10(4-2-9)17(19,20)21/h1-8H/b14-7-. The van der Waals surface area contributed by atoms with Gasteiger partial charge in [-0.3, -0.25) is 10.1 Å². The zero-order valence-electron chi connectivity index (χ0n) is 13.2. The van der Waals surface area contributed by atoms with E-state index < -0.39 is 22.6 Å². The van der Waals surface area contributed by atoms with E-state index in [0.29, 0.717) is 5.56 Å². The van der Waals surface area contributed by atoms with Gasteiger partial charge in [0.25, 0.3) is 5.69 Å². The fourth-order valence-corrected chi connectivity index (χ4v) is 2.44. The van der Waals surface area contributed by atoms with Crippen LogP contribution in [0.1, 0.15) is 16.7 Å². The Bertz CT molecular complexity index is 998. The summed E-state index contributed by atoms with van der Waals surface area (Å²) >= 11 is 5.98. The van der Waals surface area contributed by atoms with Gasteiger partial charge in [0.15, 0.2) is 5.70 Å². The topological polar surface area (TPSA) is 81.8 Å². The Hall–Kier alpha value is -3.20. The third kappa shape index (κ3) is 3.98. The molecular formula is C17H8ClF3N2O4. The van der Waals surface area contributed by atoms with Crippen molar-refractivity contribution in [3.63, 3.8) is 0 Å². The van der Waals surface area contributed by atoms with Gasteiger partial charge in [-0.2, -0.15) is 13.2 Å². The molecule has 0 saturated carbocycles. The van der Waals surface area contributed by atoms with Crippen LogP contribution in [-0.2, 0) is 15.7 Å². The summed E-state index contributed by atoms with van der Waals surface area (Å²) in [6.07, 6.45) is -3.23. The molecule has 2 aromatic rings. The molecule has 0 saturated heterocycles. The number of carbonyl (C=O) groups is 1. The summed E-state index contributed by atoms with van der Waals surface area (Å²) in [7, 11) is 0. The number of nitro groups is 1. The fraction of sp³-hybridized carbons (Fsp3) is 0.0588. The van der Waals surface area contributed by atoms with Crippen LogP contribution in [0.3, 0.4) is 0 Å². The van der Waals surface area contributed by atoms with E-state index in [0.717, 1.165) is 18.2 Å². The van der Waals surface area contributed by atoms with Crippen molar-refractivity contribution in [3.8, 4) is 0 Å². The molecule has 0 aliphatic carbocycles. The van der Waals surface area contributed by atoms with Crippen molar-refractivity contribution in [1.82, 2.24) is 0 Å². The van der Waals surface area contributed by atoms with Crippen LogP contribution in [0.4, 0.5) is 18.9 Å². The maximum absolute atomic E-state index is 12.6. The second-order valence-electron chi connectivity index (χ2n) is 5.38. The van der Waals surface area contributed by atoms with E-state index in [-0.39, 0.29) is 27.9 Å². The number of nitro benzene ring substituents is 1. The molecule has 27 heavy (non-hydrogen) atoms. The predicted octanol–water partition coefficient (Wildman–Crippen LogP) is 4.61. The lowest BCUT2D eigenvalue weighted by atomic mass is 10.1. The number of nitrogens with zero attached hydrogens (tertiary/aromatic N) is 2. The molecule has 0 aromatic heterocycles. The van der Waals surface area contributed by atoms with E-state index in [2.05, 4.69) is 4.99 Å². The SMILES string of the molecule is O=C1OC(c2cc([N+](=O)[O-])ccc2Cl)=N/C1=C\c1ccc(C(F)(F)F)cc1. The molecule has 138 valence electrons. The Labute approximate surface area is 154 Å². The van der Waals surface area contributed by atoms with Gasteiger partial charge in [-0.05, 0) is 29.8 Å². The Morgan fingerprint density at radius 2 is 1.81 bits per heavy atom. The van der Waals surface area contributed by atoms with Gasteiger partial charge in [0.05, 0.1) is 21.1 Å². The van der Waals surface area contributed by atoms with Crippen molar-refractivity contribution in [2.24, 2.45) is 4.99 Å². The molecule has 0 unspecified atom stereocenters. The largest absolute Gasteiger partial charge is 0.416 e. The van der Waals surface area contributed by atoms with Crippen molar-refractivity contribution in [2.45, 2.75) is 6.18 Å². The molecule has 2 aromatic carbocycles. The summed E-state index contributed by atoms with van der Waals surface area (Å²) in [5.41, 5.74) is -0.924. The van der Waals surface area contributed by atoms with Crippen LogP contribution in [0.2, 0.25) is 5.02 Å². The van der Waals surface area contributed by atoms with Crippen LogP contribution < -0.4 is 0 Å². The third-order valence-electron chi connectivity index (χ3n) is 3.55. The van der Waals surface area contributed by atoms with Gasteiger partial charge in [0.2, 0.25) is 5.90 Å². The summed E-state index contributed by atoms with van der Waals surface area (Å²) in [6, 6.07) is 7.65. The fourth-order valence-electron chi connectivity index (χ4n) is 2.24. The molecule has 6 nitrogen and oxygen atoms in total. The van der Waals surface area contributed by atoms with Crippen molar-refractivity contribution < 1.29 is 27.6 Å². The first kappa shape index (κ1) is 18.6. The van der Waals surface area contributed by atoms with Gasteiger partial charge in [-0.15, -0.1) is 0 Å². The minimum absolute atomic E-state index is 0.0510. The number of cyclic esters (lactones) is 1. The number of aliphatic imine (C=N–C) groups is 1. The zero-order valence-corrected chi connectivity index (χ0v) is 13.9. The minimum Gasteiger partial charge on any atom is -0.402 e. The number of rotatable bonds is 3. The van der Waals surface area contributed by atoms with Crippen molar-refractivity contribution in [1.29, 1.82) is 0 Å². The van der Waals surface area contributed by atoms with Crippen LogP contribution in [-0.4, -0.2) is 16.8 Å². The van der Waals surface area contributed by atoms with Gasteiger partial charge in [-0.25, -0.2) is 9.79 Å². The van der Waals surface area contributed by atoms with E-state index in [9.17, 15) is 28.1 Å². The van der Waals surface area contributed by atoms with Crippen molar-refractivity contribution in [3.05, 3.63) is 80.0 Å². The number of esters is 1. The molecule has 0 bridgehead atoms. The summed E-state index contributed by atoms with van der Waals surface area (Å²) in [4.78, 5) is 26.1. The van der Waals surface area contributed by atoms with E-state index in [1.807, 2.05) is 0 Å². The smallest absolute Gasteiger partial charge is 0.402 e. The Kier molecular flexibility index (Phi) is 4.71. The van der Waals surface area contributed by atoms with Crippen LogP contribution in [0, 0.1) is 10.1 Å². The highest BCUT2D eigenvalue weighted by molar-refractivity contribution is 6.34. The first-order valence-corrected chi connectivity index (χ1v) is 7.67. The van der Waals surface area contributed by atoms with Gasteiger partial charge in [0.1, 0.15) is 0 Å². The molecular weight excluding hydrogens is 389 g/mol. The molecule has 0 atom stereocenters. The number of hydrogen-bond acceptors (Lipinski definition) is 5. The Balaban J connectivity index is 1.94. The highest BCUT2D eigenvalue weighted by Crippen LogP contribution is 2.30. The highest BCUT2D eigenvalue weighted by atomic mass is 35.5. The molecule has 1 heterocycles. The average Bonchev–Trinajstić information content (AvgIpc) is 2.95. The van der Waals surface area contributed by atoms with Gasteiger partial charge < -0.3 is 4.74 Å². The van der Waals surface area contributed by atoms with E-state index >= 15 is 0 Å². The first-order chi connectivity index (χ1) is 12.6. The molecule has 0 fully saturated rings. The van der Waals surface area contributed by atoms with Crippen LogP contribution >= 0.6 is 11.6 Å². The van der Waals surface area contributed by atoms with Gasteiger partial charge >= 0.3 is 12.1 Å². The summed E-state index contributed by atoms with van der Waals surface area (Å²) in [5.74, 6) is -1.08. The lowest BCUT2D eigenvalue weighted by Crippen LogP contribution is -2.06. The lowest BCUT2D eigenvalue weighted by molar-refractivity contribution is -0.384. The number of benzene rings is 2. The number of ether oxygens (including phenoxy) is 1. The average molecular weight is 397 g/mol. The number of halogens is 4. The maximum atomic E-state index is 12.6. The van der Waals surface area contributed by atoms with E-state index in [1.54, 1.807) is 0 Å². The first-order valence-electron chi connectivity index (χ1n) is 7.29. The highest BCUT2D eigenvalue weighted by Gasteiger charge is 2.30. The molecule has 3 rings (SSSR count). The number of hydrogen-bond donors (Lipinski definition) is 0. The zero-order chi connectivity index (χ0) is 19.8. The minimum atomic E-state index is -4.47. The van der Waals surface area contributed by atoms with Crippen LogP contribution in [0.15, 0.2) is 53.2 Å². The van der Waals surface area contributed by atoms with Gasteiger partial charge in [-0.1, -0.05) is 23.7 Å². The predicted molar refractivity (Wildman–Crippen MR) is 90.2 cm³/mol. The van der Waals surface area contributed by atoms with Crippen LogP contribution in [0.5, 0.6) is 0 Å². The third-order valence-corrected chi connectivity index (χ3v) is 3.88. The van der Waals surface area contributed by atoms with Crippen LogP contribution in [0.25, 0.3) is 6.08 Å². The number of carbonyl (C=O) groups excluding carboxylic acids is 1. The number of non-ortho nitro benzene ring substituents is 1. The van der Waals surface area contributed by atoms with Crippen molar-refractivity contribution >= 4 is 35.2 Å². The second kappa shape index (κ2) is 6.84. The molecule has 0 amide bonds. The molecule has 10 heteroatoms. The Morgan fingerprint density at radius 1 is 1.15 bits per heavy atom. The number of alkyl halides is 3. The monoisotopic (exact) mass is 396 g/mol. The lowest BCUT2D eigenvalue weighted by Gasteiger charge is -2.05. The quantitative estimate of drug-likeness (QED) is 0.328. The Morgan fingerprint density at radius 3 is 2.41 bits per heavy atom. The van der Waals surface area contributed by atoms with E-state index in [4.69, 9.17) is 16.3 Å². The van der Waals surface area contributed by atoms with E-state index in [1.165, 1.54) is 30.3 Å². The summed E-state index contributed by atoms with van der Waals surface area (Å²) in [5, 5.41) is 11.0.